The van der Waals surface area contributed by atoms with Gasteiger partial charge in [0.05, 0.1) is 11.5 Å². The monoisotopic (exact) mass is 456 g/mol. The molecule has 0 saturated heterocycles. The van der Waals surface area contributed by atoms with Crippen molar-refractivity contribution in [1.29, 1.82) is 0 Å². The minimum Gasteiger partial charge on any atom is -0.481 e. The Morgan fingerprint density at radius 1 is 0.818 bits per heavy atom. The molecule has 186 valence electrons. The molecule has 2 N–H and O–H groups in total. The maximum absolute atomic E-state index is 12.8. The minimum absolute atomic E-state index is 0.0202. The Morgan fingerprint density at radius 2 is 1.52 bits per heavy atom. The molecule has 0 aliphatic heterocycles. The second-order valence-electron chi connectivity index (χ2n) is 14.5. The van der Waals surface area contributed by atoms with Crippen molar-refractivity contribution in [3.05, 3.63) is 12.2 Å². The van der Waals surface area contributed by atoms with Crippen LogP contribution in [-0.4, -0.2) is 22.3 Å². The third kappa shape index (κ3) is 2.75. The van der Waals surface area contributed by atoms with Crippen LogP contribution in [0.15, 0.2) is 12.2 Å². The van der Waals surface area contributed by atoms with Crippen molar-refractivity contribution in [2.75, 3.05) is 0 Å². The van der Waals surface area contributed by atoms with E-state index in [-0.39, 0.29) is 33.7 Å². The van der Waals surface area contributed by atoms with Gasteiger partial charge in [0.2, 0.25) is 0 Å². The molecule has 0 aromatic heterocycles. The van der Waals surface area contributed by atoms with E-state index in [9.17, 15) is 15.0 Å². The van der Waals surface area contributed by atoms with E-state index in [4.69, 9.17) is 0 Å². The third-order valence-electron chi connectivity index (χ3n) is 13.5. The molecule has 5 aliphatic rings. The Balaban J connectivity index is 1.57. The van der Waals surface area contributed by atoms with Gasteiger partial charge < -0.3 is 10.2 Å². The molecule has 5 aliphatic carbocycles. The molecule has 0 unspecified atom stereocenters. The maximum atomic E-state index is 12.8. The van der Waals surface area contributed by atoms with Crippen LogP contribution in [-0.2, 0) is 4.79 Å². The van der Waals surface area contributed by atoms with Crippen molar-refractivity contribution in [1.82, 2.24) is 0 Å². The summed E-state index contributed by atoms with van der Waals surface area (Å²) in [5.41, 5.74) is 1.35. The molecule has 0 aromatic rings. The molecule has 5 rings (SSSR count). The van der Waals surface area contributed by atoms with E-state index in [1.54, 1.807) is 0 Å². The summed E-state index contributed by atoms with van der Waals surface area (Å²) >= 11 is 0. The van der Waals surface area contributed by atoms with Gasteiger partial charge in [0.15, 0.2) is 0 Å². The van der Waals surface area contributed by atoms with Crippen molar-refractivity contribution < 1.29 is 15.0 Å². The Hall–Kier alpha value is -0.830. The molecule has 3 nitrogen and oxygen atoms in total. The maximum Gasteiger partial charge on any atom is 0.309 e. The smallest absolute Gasteiger partial charge is 0.309 e. The van der Waals surface area contributed by atoms with Gasteiger partial charge in [-0.1, -0.05) is 46.8 Å². The Bertz CT molecular complexity index is 861. The van der Waals surface area contributed by atoms with Gasteiger partial charge in [-0.25, -0.2) is 0 Å². The number of aliphatic carboxylic acids is 1. The van der Waals surface area contributed by atoms with Crippen LogP contribution in [0.1, 0.15) is 106 Å². The summed E-state index contributed by atoms with van der Waals surface area (Å²) in [6, 6.07) is 0. The second-order valence-corrected chi connectivity index (χ2v) is 14.5. The van der Waals surface area contributed by atoms with Crippen LogP contribution in [0, 0.1) is 56.7 Å². The summed E-state index contributed by atoms with van der Waals surface area (Å²) < 4.78 is 0. The molecule has 0 amide bonds. The van der Waals surface area contributed by atoms with Gasteiger partial charge in [0.25, 0.3) is 0 Å². The summed E-state index contributed by atoms with van der Waals surface area (Å²) in [6.45, 7) is 18.8. The fourth-order valence-electron chi connectivity index (χ4n) is 11.5. The first kappa shape index (κ1) is 23.9. The molecule has 0 heterocycles. The summed E-state index contributed by atoms with van der Waals surface area (Å²) in [5.74, 6) is 1.79. The molecule has 5 fully saturated rings. The Morgan fingerprint density at radius 3 is 2.15 bits per heavy atom. The SMILES string of the molecule is C=C(C)[C@@H]1CC[C@@]2(C(=O)O)CC[C@]3(C)[C@H](CC[C@@H]4[C@]5(C)CC[C@@H](O)C(C)(C)[C@@H]5CC[C@@]43C)[C@@H]12. The van der Waals surface area contributed by atoms with E-state index in [1.807, 2.05) is 0 Å². The van der Waals surface area contributed by atoms with Gasteiger partial charge in [-0.15, -0.1) is 0 Å². The van der Waals surface area contributed by atoms with Crippen molar-refractivity contribution >= 4 is 5.97 Å². The number of aliphatic hydroxyl groups is 1. The molecule has 0 radical (unpaired) electrons. The number of hydrogen-bond acceptors (Lipinski definition) is 2. The molecule has 0 spiro atoms. The van der Waals surface area contributed by atoms with Gasteiger partial charge in [0, 0.05) is 0 Å². The highest BCUT2D eigenvalue weighted by Crippen LogP contribution is 2.77. The number of hydrogen-bond donors (Lipinski definition) is 2. The molecule has 33 heavy (non-hydrogen) atoms. The predicted molar refractivity (Wildman–Crippen MR) is 133 cm³/mol. The lowest BCUT2D eigenvalue weighted by Gasteiger charge is -2.72. The topological polar surface area (TPSA) is 57.5 Å². The van der Waals surface area contributed by atoms with Gasteiger partial charge >= 0.3 is 5.97 Å². The minimum atomic E-state index is -0.538. The van der Waals surface area contributed by atoms with E-state index in [1.165, 1.54) is 31.3 Å². The van der Waals surface area contributed by atoms with Crippen molar-refractivity contribution in [2.45, 2.75) is 112 Å². The van der Waals surface area contributed by atoms with Crippen LogP contribution in [0.25, 0.3) is 0 Å². The highest BCUT2D eigenvalue weighted by atomic mass is 16.4. The Labute approximate surface area is 201 Å². The summed E-state index contributed by atoms with van der Waals surface area (Å²) in [4.78, 5) is 12.8. The largest absolute Gasteiger partial charge is 0.481 e. The quantitative estimate of drug-likeness (QED) is 0.436. The number of carbonyl (C=O) groups is 1. The number of aliphatic hydroxyl groups excluding tert-OH is 1. The number of carboxylic acids is 1. The lowest BCUT2D eigenvalue weighted by atomic mass is 9.32. The average molecular weight is 457 g/mol. The molecule has 10 atom stereocenters. The molecule has 3 heteroatoms. The van der Waals surface area contributed by atoms with Crippen molar-refractivity contribution in [2.24, 2.45) is 56.7 Å². The summed E-state index contributed by atoms with van der Waals surface area (Å²) in [6.07, 6.45) is 10.5. The zero-order valence-electron chi connectivity index (χ0n) is 22.0. The van der Waals surface area contributed by atoms with Crippen LogP contribution in [0.3, 0.4) is 0 Å². The van der Waals surface area contributed by atoms with Crippen molar-refractivity contribution in [3.8, 4) is 0 Å². The standard InChI is InChI=1S/C30H48O3/c1-18(2)19-10-15-30(25(32)33)17-16-28(6)20(24(19)30)8-9-22-27(5)13-12-23(31)26(3,4)21(27)11-14-29(22,28)7/h19-24,31H,1,8-17H2,2-7H3,(H,32,33)/t19-,20+,21-,22+,23+,24+,27+,28+,29-,30+/m0/s1. The van der Waals surface area contributed by atoms with E-state index < -0.39 is 11.4 Å². The number of allylic oxidation sites excluding steroid dienone is 1. The third-order valence-corrected chi connectivity index (χ3v) is 13.5. The van der Waals surface area contributed by atoms with Crippen LogP contribution in [0.4, 0.5) is 0 Å². The van der Waals surface area contributed by atoms with Crippen LogP contribution in [0.2, 0.25) is 0 Å². The molecular formula is C30H48O3. The van der Waals surface area contributed by atoms with Crippen molar-refractivity contribution in [3.63, 3.8) is 0 Å². The van der Waals surface area contributed by atoms with E-state index in [2.05, 4.69) is 48.1 Å². The Kier molecular flexibility index (Phi) is 5.15. The second kappa shape index (κ2) is 7.11. The van der Waals surface area contributed by atoms with E-state index >= 15 is 0 Å². The number of carboxylic acid groups (broad SMARTS) is 1. The predicted octanol–water partition coefficient (Wildman–Crippen LogP) is 7.09. The molecule has 0 bridgehead atoms. The molecule has 0 aromatic carbocycles. The lowest BCUT2D eigenvalue weighted by Crippen LogP contribution is -2.67. The first-order chi connectivity index (χ1) is 15.3. The fraction of sp³-hybridized carbons (Fsp3) is 0.900. The molecule has 5 saturated carbocycles. The lowest BCUT2D eigenvalue weighted by molar-refractivity contribution is -0.248. The van der Waals surface area contributed by atoms with Gasteiger partial charge in [0.1, 0.15) is 0 Å². The van der Waals surface area contributed by atoms with Crippen LogP contribution >= 0.6 is 0 Å². The van der Waals surface area contributed by atoms with Gasteiger partial charge in [-0.05, 0) is 122 Å². The van der Waals surface area contributed by atoms with Crippen LogP contribution in [0.5, 0.6) is 0 Å². The highest BCUT2D eigenvalue weighted by molar-refractivity contribution is 5.76. The summed E-state index contributed by atoms with van der Waals surface area (Å²) in [5, 5.41) is 21.4. The zero-order valence-corrected chi connectivity index (χ0v) is 22.0. The zero-order chi connectivity index (χ0) is 24.2. The van der Waals surface area contributed by atoms with E-state index in [0.29, 0.717) is 23.7 Å². The number of rotatable bonds is 2. The number of fused-ring (bicyclic) bond motifs is 7. The molecular weight excluding hydrogens is 408 g/mol. The van der Waals surface area contributed by atoms with E-state index in [0.717, 1.165) is 38.5 Å². The summed E-state index contributed by atoms with van der Waals surface area (Å²) in [7, 11) is 0. The van der Waals surface area contributed by atoms with Crippen LogP contribution < -0.4 is 0 Å². The van der Waals surface area contributed by atoms with Gasteiger partial charge in [-0.3, -0.25) is 4.79 Å². The normalized spacial score (nSPS) is 55.0. The average Bonchev–Trinajstić information content (AvgIpc) is 3.13. The fourth-order valence-corrected chi connectivity index (χ4v) is 11.5. The highest BCUT2D eigenvalue weighted by Gasteiger charge is 2.71. The first-order valence-corrected chi connectivity index (χ1v) is 13.8. The van der Waals surface area contributed by atoms with Gasteiger partial charge in [-0.2, -0.15) is 0 Å². The first-order valence-electron chi connectivity index (χ1n) is 13.8.